The molecular weight excluding hydrogens is 240 g/mol. The van der Waals surface area contributed by atoms with Crippen molar-refractivity contribution < 1.29 is 9.84 Å². The van der Waals surface area contributed by atoms with Gasteiger partial charge in [-0.2, -0.15) is 0 Å². The maximum atomic E-state index is 10.4. The van der Waals surface area contributed by atoms with Gasteiger partial charge in [0.15, 0.2) is 0 Å². The Hall–Kier alpha value is -1.10. The van der Waals surface area contributed by atoms with Crippen LogP contribution in [0.4, 0.5) is 0 Å². The van der Waals surface area contributed by atoms with Crippen molar-refractivity contribution in [1.29, 1.82) is 0 Å². The fraction of sp³-hybridized carbons (Fsp3) is 0.600. The largest absolute Gasteiger partial charge is 0.496 e. The Labute approximate surface area is 116 Å². The van der Waals surface area contributed by atoms with Crippen LogP contribution in [0.1, 0.15) is 24.2 Å². The molecule has 0 radical (unpaired) electrons. The molecule has 19 heavy (non-hydrogen) atoms. The van der Waals surface area contributed by atoms with E-state index in [0.29, 0.717) is 0 Å². The molecule has 0 aromatic heterocycles. The summed E-state index contributed by atoms with van der Waals surface area (Å²) in [5.41, 5.74) is 1.96. The second-order valence-corrected chi connectivity index (χ2v) is 5.24. The number of likely N-dealkylation sites (N-methyl/N-ethyl adjacent to an activating group) is 1. The molecule has 4 heteroatoms. The van der Waals surface area contributed by atoms with Gasteiger partial charge >= 0.3 is 0 Å². The molecule has 1 rings (SSSR count). The maximum absolute atomic E-state index is 10.4. The van der Waals surface area contributed by atoms with Crippen molar-refractivity contribution in [3.05, 3.63) is 29.3 Å². The Balaban J connectivity index is 2.70. The Kier molecular flexibility index (Phi) is 6.28. The van der Waals surface area contributed by atoms with Crippen LogP contribution in [0.3, 0.4) is 0 Å². The first-order valence-corrected chi connectivity index (χ1v) is 6.66. The smallest absolute Gasteiger partial charge is 0.124 e. The molecule has 0 fully saturated rings. The van der Waals surface area contributed by atoms with Crippen molar-refractivity contribution >= 4 is 0 Å². The fourth-order valence-corrected chi connectivity index (χ4v) is 1.98. The lowest BCUT2D eigenvalue weighted by molar-refractivity contribution is 0.131. The zero-order chi connectivity index (χ0) is 14.4. The predicted octanol–water partition coefficient (Wildman–Crippen LogP) is 1.58. The number of benzene rings is 1. The lowest BCUT2D eigenvalue weighted by Gasteiger charge is -2.23. The third kappa shape index (κ3) is 4.82. The highest BCUT2D eigenvalue weighted by atomic mass is 16.5. The molecule has 0 saturated heterocycles. The van der Waals surface area contributed by atoms with Gasteiger partial charge in [0, 0.05) is 24.7 Å². The Morgan fingerprint density at radius 3 is 2.63 bits per heavy atom. The normalized spacial score (nSPS) is 14.5. The standard InChI is InChI=1S/C15H26N2O2/c1-11-6-7-14(19-5)13(10-11)15(18)12(2)16-8-9-17(3)4/h6-7,10,12,15-16,18H,8-9H2,1-5H3. The first-order chi connectivity index (χ1) is 8.95. The second-order valence-electron chi connectivity index (χ2n) is 5.24. The number of methoxy groups -OCH3 is 1. The number of aryl methyl sites for hydroxylation is 1. The van der Waals surface area contributed by atoms with Crippen molar-refractivity contribution in [2.45, 2.75) is 26.0 Å². The van der Waals surface area contributed by atoms with Gasteiger partial charge in [-0.25, -0.2) is 0 Å². The zero-order valence-electron chi connectivity index (χ0n) is 12.6. The van der Waals surface area contributed by atoms with Crippen molar-refractivity contribution in [3.63, 3.8) is 0 Å². The van der Waals surface area contributed by atoms with Crippen LogP contribution >= 0.6 is 0 Å². The van der Waals surface area contributed by atoms with Gasteiger partial charge in [0.2, 0.25) is 0 Å². The van der Waals surface area contributed by atoms with E-state index in [9.17, 15) is 5.11 Å². The average molecular weight is 266 g/mol. The van der Waals surface area contributed by atoms with Gasteiger partial charge in [0.05, 0.1) is 13.2 Å². The van der Waals surface area contributed by atoms with E-state index in [1.165, 1.54) is 0 Å². The first kappa shape index (κ1) is 16.0. The molecule has 0 bridgehead atoms. The summed E-state index contributed by atoms with van der Waals surface area (Å²) in [4.78, 5) is 2.11. The van der Waals surface area contributed by atoms with E-state index in [0.717, 1.165) is 30.0 Å². The second kappa shape index (κ2) is 7.48. The molecule has 2 unspecified atom stereocenters. The molecule has 0 heterocycles. The van der Waals surface area contributed by atoms with Crippen LogP contribution in [0.2, 0.25) is 0 Å². The molecule has 108 valence electrons. The molecule has 0 aliphatic rings. The number of aliphatic hydroxyl groups is 1. The minimum Gasteiger partial charge on any atom is -0.496 e. The number of nitrogens with one attached hydrogen (secondary N) is 1. The molecule has 0 aliphatic carbocycles. The van der Waals surface area contributed by atoms with Gasteiger partial charge in [-0.15, -0.1) is 0 Å². The number of rotatable bonds is 7. The van der Waals surface area contributed by atoms with E-state index in [4.69, 9.17) is 4.74 Å². The number of ether oxygens (including phenoxy) is 1. The van der Waals surface area contributed by atoms with E-state index in [1.54, 1.807) is 7.11 Å². The minimum absolute atomic E-state index is 0.0179. The summed E-state index contributed by atoms with van der Waals surface area (Å²) >= 11 is 0. The number of nitrogens with zero attached hydrogens (tertiary/aromatic N) is 1. The van der Waals surface area contributed by atoms with E-state index in [1.807, 2.05) is 46.1 Å². The quantitative estimate of drug-likeness (QED) is 0.786. The molecule has 0 spiro atoms. The van der Waals surface area contributed by atoms with Crippen LogP contribution in [0.5, 0.6) is 5.75 Å². The third-order valence-corrected chi connectivity index (χ3v) is 3.20. The lowest BCUT2D eigenvalue weighted by atomic mass is 10.0. The van der Waals surface area contributed by atoms with Gasteiger partial charge in [-0.1, -0.05) is 11.6 Å². The average Bonchev–Trinajstić information content (AvgIpc) is 2.37. The highest BCUT2D eigenvalue weighted by molar-refractivity contribution is 5.39. The first-order valence-electron chi connectivity index (χ1n) is 6.66. The Bertz CT molecular complexity index is 394. The molecule has 1 aromatic carbocycles. The van der Waals surface area contributed by atoms with E-state index >= 15 is 0 Å². The summed E-state index contributed by atoms with van der Waals surface area (Å²) in [5.74, 6) is 0.736. The SMILES string of the molecule is COc1ccc(C)cc1C(O)C(C)NCCN(C)C. The summed E-state index contributed by atoms with van der Waals surface area (Å²) in [6, 6.07) is 5.85. The molecule has 2 atom stereocenters. The van der Waals surface area contributed by atoms with Crippen LogP contribution in [0.15, 0.2) is 18.2 Å². The van der Waals surface area contributed by atoms with Crippen molar-refractivity contribution in [3.8, 4) is 5.75 Å². The number of hydrogen-bond donors (Lipinski definition) is 2. The Morgan fingerprint density at radius 2 is 2.05 bits per heavy atom. The summed E-state index contributed by atoms with van der Waals surface area (Å²) < 4.78 is 5.32. The highest BCUT2D eigenvalue weighted by Crippen LogP contribution is 2.28. The van der Waals surface area contributed by atoms with Crippen molar-refractivity contribution in [1.82, 2.24) is 10.2 Å². The van der Waals surface area contributed by atoms with Crippen LogP contribution < -0.4 is 10.1 Å². The third-order valence-electron chi connectivity index (χ3n) is 3.20. The summed E-state index contributed by atoms with van der Waals surface area (Å²) in [6.45, 7) is 5.79. The molecule has 0 aliphatic heterocycles. The van der Waals surface area contributed by atoms with E-state index in [-0.39, 0.29) is 6.04 Å². The lowest BCUT2D eigenvalue weighted by Crippen LogP contribution is -2.36. The molecule has 0 saturated carbocycles. The van der Waals surface area contributed by atoms with Crippen LogP contribution in [0, 0.1) is 6.92 Å². The summed E-state index contributed by atoms with van der Waals surface area (Å²) in [5, 5.41) is 13.8. The minimum atomic E-state index is -0.572. The van der Waals surface area contributed by atoms with Crippen LogP contribution in [-0.4, -0.2) is 50.3 Å². The zero-order valence-corrected chi connectivity index (χ0v) is 12.6. The predicted molar refractivity (Wildman–Crippen MR) is 78.7 cm³/mol. The van der Waals surface area contributed by atoms with Gasteiger partial charge in [0.1, 0.15) is 5.75 Å². The molecular formula is C15H26N2O2. The number of aliphatic hydroxyl groups excluding tert-OH is 1. The van der Waals surface area contributed by atoms with Gasteiger partial charge < -0.3 is 20.1 Å². The molecule has 2 N–H and O–H groups in total. The van der Waals surface area contributed by atoms with E-state index in [2.05, 4.69) is 10.2 Å². The summed E-state index contributed by atoms with van der Waals surface area (Å²) in [6.07, 6.45) is -0.572. The van der Waals surface area contributed by atoms with Crippen LogP contribution in [0.25, 0.3) is 0 Å². The topological polar surface area (TPSA) is 44.7 Å². The van der Waals surface area contributed by atoms with Crippen molar-refractivity contribution in [2.75, 3.05) is 34.3 Å². The maximum Gasteiger partial charge on any atom is 0.124 e. The van der Waals surface area contributed by atoms with Crippen molar-refractivity contribution in [2.24, 2.45) is 0 Å². The fourth-order valence-electron chi connectivity index (χ4n) is 1.98. The molecule has 0 amide bonds. The van der Waals surface area contributed by atoms with Gasteiger partial charge in [-0.05, 0) is 40.1 Å². The van der Waals surface area contributed by atoms with E-state index < -0.39 is 6.10 Å². The molecule has 4 nitrogen and oxygen atoms in total. The molecule has 1 aromatic rings. The highest BCUT2D eigenvalue weighted by Gasteiger charge is 2.19. The monoisotopic (exact) mass is 266 g/mol. The van der Waals surface area contributed by atoms with Gasteiger partial charge in [-0.3, -0.25) is 0 Å². The van der Waals surface area contributed by atoms with Crippen LogP contribution in [-0.2, 0) is 0 Å². The number of hydrogen-bond acceptors (Lipinski definition) is 4. The summed E-state index contributed by atoms with van der Waals surface area (Å²) in [7, 11) is 5.70. The van der Waals surface area contributed by atoms with Gasteiger partial charge in [0.25, 0.3) is 0 Å². The Morgan fingerprint density at radius 1 is 1.37 bits per heavy atom.